The van der Waals surface area contributed by atoms with Crippen molar-refractivity contribution >= 4 is 17.2 Å². The Bertz CT molecular complexity index is 666. The lowest BCUT2D eigenvalue weighted by atomic mass is 10.0. The molecular formula is C21H29N3OS. The fourth-order valence-corrected chi connectivity index (χ4v) is 4.64. The Kier molecular flexibility index (Phi) is 6.83. The molecule has 1 amide bonds. The molecule has 0 radical (unpaired) electrons. The lowest BCUT2D eigenvalue weighted by molar-refractivity contribution is -0.121. The molecule has 26 heavy (non-hydrogen) atoms. The number of hydrogen-bond donors (Lipinski definition) is 1. The Balaban J connectivity index is 1.62. The zero-order valence-electron chi connectivity index (χ0n) is 15.7. The van der Waals surface area contributed by atoms with E-state index in [-0.39, 0.29) is 18.0 Å². The quantitative estimate of drug-likeness (QED) is 0.809. The maximum absolute atomic E-state index is 11.9. The number of benzene rings is 1. The molecule has 0 saturated carbocycles. The third-order valence-corrected chi connectivity index (χ3v) is 6.01. The summed E-state index contributed by atoms with van der Waals surface area (Å²) in [6.07, 6.45) is 0.534. The second kappa shape index (κ2) is 9.31. The molecule has 2 atom stereocenters. The molecule has 4 nitrogen and oxygen atoms in total. The van der Waals surface area contributed by atoms with Crippen LogP contribution in [0.25, 0.3) is 0 Å². The average molecular weight is 372 g/mol. The number of carbonyl (C=O) groups is 1. The van der Waals surface area contributed by atoms with E-state index in [0.717, 1.165) is 32.7 Å². The van der Waals surface area contributed by atoms with Crippen molar-refractivity contribution in [3.8, 4) is 0 Å². The second-order valence-corrected chi connectivity index (χ2v) is 7.95. The monoisotopic (exact) mass is 371 g/mol. The zero-order valence-corrected chi connectivity index (χ0v) is 16.5. The number of carbonyl (C=O) groups excluding carboxylic acids is 1. The molecule has 1 aliphatic rings. The summed E-state index contributed by atoms with van der Waals surface area (Å²) in [6, 6.07) is 15.3. The summed E-state index contributed by atoms with van der Waals surface area (Å²) in [6.45, 7) is 9.24. The van der Waals surface area contributed by atoms with E-state index in [4.69, 9.17) is 0 Å². The van der Waals surface area contributed by atoms with Crippen LogP contribution < -0.4 is 5.32 Å². The Morgan fingerprint density at radius 2 is 1.85 bits per heavy atom. The van der Waals surface area contributed by atoms with Crippen LogP contribution in [-0.4, -0.2) is 47.9 Å². The first-order valence-electron chi connectivity index (χ1n) is 9.50. The van der Waals surface area contributed by atoms with Crippen molar-refractivity contribution in [2.24, 2.45) is 0 Å². The van der Waals surface area contributed by atoms with Crippen LogP contribution >= 0.6 is 11.3 Å². The summed E-state index contributed by atoms with van der Waals surface area (Å²) in [4.78, 5) is 18.3. The largest absolute Gasteiger partial charge is 0.352 e. The van der Waals surface area contributed by atoms with Gasteiger partial charge < -0.3 is 5.32 Å². The van der Waals surface area contributed by atoms with Gasteiger partial charge in [0.2, 0.25) is 5.91 Å². The van der Waals surface area contributed by atoms with E-state index in [1.54, 1.807) is 11.3 Å². The normalized spacial score (nSPS) is 18.4. The van der Waals surface area contributed by atoms with Gasteiger partial charge in [0.15, 0.2) is 0 Å². The number of nitrogens with one attached hydrogen (secondary N) is 1. The van der Waals surface area contributed by atoms with Crippen molar-refractivity contribution in [1.82, 2.24) is 15.1 Å². The number of thiophene rings is 1. The van der Waals surface area contributed by atoms with Crippen LogP contribution in [0, 0.1) is 0 Å². The summed E-state index contributed by atoms with van der Waals surface area (Å²) in [5.41, 5.74) is 1.37. The van der Waals surface area contributed by atoms with Crippen LogP contribution in [0.4, 0.5) is 0 Å². The third-order valence-electron chi connectivity index (χ3n) is 5.07. The minimum Gasteiger partial charge on any atom is -0.352 e. The third kappa shape index (κ3) is 4.93. The number of nitrogens with zero attached hydrogens (tertiary/aromatic N) is 2. The van der Waals surface area contributed by atoms with E-state index in [1.165, 1.54) is 10.4 Å². The molecule has 2 aromatic rings. The van der Waals surface area contributed by atoms with Gasteiger partial charge in [-0.3, -0.25) is 14.6 Å². The van der Waals surface area contributed by atoms with Crippen molar-refractivity contribution in [3.05, 3.63) is 58.3 Å². The van der Waals surface area contributed by atoms with Gasteiger partial charge in [-0.2, -0.15) is 0 Å². The molecule has 1 saturated heterocycles. The van der Waals surface area contributed by atoms with Crippen LogP contribution in [0.2, 0.25) is 0 Å². The lowest BCUT2D eigenvalue weighted by Gasteiger charge is -2.41. The lowest BCUT2D eigenvalue weighted by Crippen LogP contribution is -2.52. The van der Waals surface area contributed by atoms with Gasteiger partial charge in [-0.25, -0.2) is 0 Å². The van der Waals surface area contributed by atoms with Crippen LogP contribution in [0.5, 0.6) is 0 Å². The van der Waals surface area contributed by atoms with Crippen molar-refractivity contribution in [2.75, 3.05) is 26.2 Å². The Morgan fingerprint density at radius 1 is 1.12 bits per heavy atom. The van der Waals surface area contributed by atoms with Gasteiger partial charge in [0.25, 0.3) is 0 Å². The number of amides is 1. The Labute approximate surface area is 160 Å². The first-order valence-corrected chi connectivity index (χ1v) is 10.4. The molecule has 0 bridgehead atoms. The highest BCUT2D eigenvalue weighted by atomic mass is 32.1. The number of hydrogen-bond acceptors (Lipinski definition) is 4. The minimum absolute atomic E-state index is 0.113. The maximum atomic E-state index is 11.9. The molecule has 0 spiro atoms. The van der Waals surface area contributed by atoms with Gasteiger partial charge in [-0.15, -0.1) is 11.3 Å². The van der Waals surface area contributed by atoms with E-state index >= 15 is 0 Å². The average Bonchev–Trinajstić information content (AvgIpc) is 3.18. The summed E-state index contributed by atoms with van der Waals surface area (Å²) >= 11 is 1.78. The highest BCUT2D eigenvalue weighted by Gasteiger charge is 2.30. The van der Waals surface area contributed by atoms with E-state index in [9.17, 15) is 4.79 Å². The fraction of sp³-hybridized carbons (Fsp3) is 0.476. The van der Waals surface area contributed by atoms with Crippen LogP contribution in [-0.2, 0) is 11.3 Å². The Hall–Kier alpha value is -1.69. The van der Waals surface area contributed by atoms with Crippen molar-refractivity contribution in [1.29, 1.82) is 0 Å². The molecule has 0 unspecified atom stereocenters. The molecule has 1 aromatic heterocycles. The fourth-order valence-electron chi connectivity index (χ4n) is 3.68. The van der Waals surface area contributed by atoms with Crippen LogP contribution in [0.3, 0.4) is 0 Å². The maximum Gasteiger partial charge on any atom is 0.219 e. The zero-order chi connectivity index (χ0) is 18.4. The van der Waals surface area contributed by atoms with Crippen LogP contribution in [0.1, 0.15) is 36.8 Å². The molecule has 1 aromatic carbocycles. The molecule has 1 N–H and O–H groups in total. The van der Waals surface area contributed by atoms with Crippen molar-refractivity contribution in [3.63, 3.8) is 0 Å². The van der Waals surface area contributed by atoms with E-state index in [0.29, 0.717) is 6.42 Å². The van der Waals surface area contributed by atoms with Gasteiger partial charge in [-0.1, -0.05) is 43.3 Å². The van der Waals surface area contributed by atoms with Crippen LogP contribution in [0.15, 0.2) is 47.8 Å². The predicted molar refractivity (Wildman–Crippen MR) is 108 cm³/mol. The minimum atomic E-state index is 0.113. The van der Waals surface area contributed by atoms with Crippen molar-refractivity contribution in [2.45, 2.75) is 38.9 Å². The highest BCUT2D eigenvalue weighted by molar-refractivity contribution is 7.10. The first-order chi connectivity index (χ1) is 12.7. The molecule has 140 valence electrons. The van der Waals surface area contributed by atoms with E-state index in [1.807, 2.05) is 6.92 Å². The molecule has 1 aliphatic heterocycles. The predicted octanol–water partition coefficient (Wildman–Crippen LogP) is 3.52. The molecular weight excluding hydrogens is 342 g/mol. The van der Waals surface area contributed by atoms with Gasteiger partial charge >= 0.3 is 0 Å². The summed E-state index contributed by atoms with van der Waals surface area (Å²) in [5.74, 6) is 0.127. The summed E-state index contributed by atoms with van der Waals surface area (Å²) in [5, 5.41) is 5.31. The summed E-state index contributed by atoms with van der Waals surface area (Å²) < 4.78 is 0. The van der Waals surface area contributed by atoms with Gasteiger partial charge in [0.05, 0.1) is 6.04 Å². The Morgan fingerprint density at radius 3 is 2.46 bits per heavy atom. The molecule has 5 heteroatoms. The van der Waals surface area contributed by atoms with Crippen molar-refractivity contribution < 1.29 is 4.79 Å². The number of piperazine rings is 1. The van der Waals surface area contributed by atoms with E-state index < -0.39 is 0 Å². The standard InChI is InChI=1S/C21H29N3OS/c1-3-20(25)22-17(2)21(19-10-7-15-26-19)24-13-11-23(12-14-24)16-18-8-5-4-6-9-18/h4-10,15,17,21H,3,11-14,16H2,1-2H3,(H,22,25)/t17-,21+/m1/s1. The highest BCUT2D eigenvalue weighted by Crippen LogP contribution is 2.29. The number of rotatable bonds is 7. The van der Waals surface area contributed by atoms with E-state index in [2.05, 4.69) is 69.9 Å². The molecule has 3 rings (SSSR count). The molecule has 2 heterocycles. The smallest absolute Gasteiger partial charge is 0.219 e. The topological polar surface area (TPSA) is 35.6 Å². The first kappa shape index (κ1) is 19.1. The second-order valence-electron chi connectivity index (χ2n) is 6.97. The molecule has 0 aliphatic carbocycles. The SMILES string of the molecule is CCC(=O)N[C@H](C)[C@@H](c1cccs1)N1CCN(Cc2ccccc2)CC1. The molecule has 1 fully saturated rings. The van der Waals surface area contributed by atoms with Gasteiger partial charge in [-0.05, 0) is 23.9 Å². The van der Waals surface area contributed by atoms with Gasteiger partial charge in [0, 0.05) is 50.1 Å². The van der Waals surface area contributed by atoms with Gasteiger partial charge in [0.1, 0.15) is 0 Å². The summed E-state index contributed by atoms with van der Waals surface area (Å²) in [7, 11) is 0.